The zero-order valence-corrected chi connectivity index (χ0v) is 11.8. The SMILES string of the molecule is CCn1c(CC(=O)Nc2ccccc2C)n[nH]c1=S. The number of nitrogens with one attached hydrogen (secondary N) is 2. The fourth-order valence-electron chi connectivity index (χ4n) is 1.86. The Balaban J connectivity index is 2.10. The van der Waals surface area contributed by atoms with Crippen LogP contribution in [0.15, 0.2) is 24.3 Å². The highest BCUT2D eigenvalue weighted by Crippen LogP contribution is 2.13. The van der Waals surface area contributed by atoms with Crippen molar-refractivity contribution in [3.05, 3.63) is 40.4 Å². The minimum atomic E-state index is -0.0991. The van der Waals surface area contributed by atoms with E-state index in [-0.39, 0.29) is 12.3 Å². The van der Waals surface area contributed by atoms with Crippen molar-refractivity contribution in [3.8, 4) is 0 Å². The van der Waals surface area contributed by atoms with Crippen LogP contribution in [0.4, 0.5) is 5.69 Å². The van der Waals surface area contributed by atoms with Crippen molar-refractivity contribution in [1.29, 1.82) is 0 Å². The number of aromatic amines is 1. The van der Waals surface area contributed by atoms with Gasteiger partial charge < -0.3 is 9.88 Å². The van der Waals surface area contributed by atoms with Crippen molar-refractivity contribution in [2.75, 3.05) is 5.32 Å². The molecule has 1 amide bonds. The van der Waals surface area contributed by atoms with Gasteiger partial charge in [-0.15, -0.1) is 0 Å². The summed E-state index contributed by atoms with van der Waals surface area (Å²) in [6.07, 6.45) is 0.204. The zero-order chi connectivity index (χ0) is 13.8. The van der Waals surface area contributed by atoms with E-state index >= 15 is 0 Å². The van der Waals surface area contributed by atoms with E-state index in [4.69, 9.17) is 12.2 Å². The Morgan fingerprint density at radius 3 is 2.89 bits per heavy atom. The molecule has 0 atom stereocenters. The maximum atomic E-state index is 12.0. The lowest BCUT2D eigenvalue weighted by Gasteiger charge is -2.08. The molecule has 0 aliphatic rings. The van der Waals surface area contributed by atoms with Gasteiger partial charge in [0.15, 0.2) is 4.77 Å². The van der Waals surface area contributed by atoms with Crippen LogP contribution >= 0.6 is 12.2 Å². The minimum absolute atomic E-state index is 0.0991. The molecule has 0 saturated heterocycles. The third-order valence-corrected chi connectivity index (χ3v) is 3.20. The molecule has 2 rings (SSSR count). The maximum absolute atomic E-state index is 12.0. The Morgan fingerprint density at radius 2 is 2.21 bits per heavy atom. The number of amides is 1. The fourth-order valence-corrected chi connectivity index (χ4v) is 2.14. The first-order valence-electron chi connectivity index (χ1n) is 6.11. The molecule has 0 aliphatic carbocycles. The van der Waals surface area contributed by atoms with Crippen LogP contribution < -0.4 is 5.32 Å². The number of hydrogen-bond acceptors (Lipinski definition) is 3. The fraction of sp³-hybridized carbons (Fsp3) is 0.308. The third-order valence-electron chi connectivity index (χ3n) is 2.89. The van der Waals surface area contributed by atoms with E-state index in [9.17, 15) is 4.79 Å². The van der Waals surface area contributed by atoms with E-state index in [1.165, 1.54) is 0 Å². The average Bonchev–Trinajstić information content (AvgIpc) is 2.72. The molecule has 6 heteroatoms. The molecule has 1 heterocycles. The molecule has 100 valence electrons. The van der Waals surface area contributed by atoms with Gasteiger partial charge in [0.1, 0.15) is 5.82 Å². The minimum Gasteiger partial charge on any atom is -0.325 e. The second kappa shape index (κ2) is 5.79. The van der Waals surface area contributed by atoms with Crippen molar-refractivity contribution in [2.45, 2.75) is 26.8 Å². The summed E-state index contributed by atoms with van der Waals surface area (Å²) in [5, 5.41) is 9.66. The van der Waals surface area contributed by atoms with Crippen molar-refractivity contribution in [3.63, 3.8) is 0 Å². The van der Waals surface area contributed by atoms with Gasteiger partial charge in [0.05, 0.1) is 6.42 Å². The third kappa shape index (κ3) is 3.08. The molecule has 0 unspecified atom stereocenters. The van der Waals surface area contributed by atoms with E-state index < -0.39 is 0 Å². The Morgan fingerprint density at radius 1 is 1.47 bits per heavy atom. The van der Waals surface area contributed by atoms with E-state index in [1.54, 1.807) is 0 Å². The van der Waals surface area contributed by atoms with E-state index in [0.29, 0.717) is 17.1 Å². The molecular formula is C13H16N4OS. The van der Waals surface area contributed by atoms with Gasteiger partial charge in [-0.2, -0.15) is 5.10 Å². The van der Waals surface area contributed by atoms with Crippen LogP contribution in [0.25, 0.3) is 0 Å². The number of H-pyrrole nitrogens is 1. The van der Waals surface area contributed by atoms with Crippen molar-refractivity contribution in [1.82, 2.24) is 14.8 Å². The largest absolute Gasteiger partial charge is 0.325 e. The summed E-state index contributed by atoms with van der Waals surface area (Å²) >= 11 is 5.09. The molecule has 19 heavy (non-hydrogen) atoms. The van der Waals surface area contributed by atoms with Crippen molar-refractivity contribution >= 4 is 23.8 Å². The highest BCUT2D eigenvalue weighted by Gasteiger charge is 2.11. The van der Waals surface area contributed by atoms with E-state index in [0.717, 1.165) is 11.3 Å². The van der Waals surface area contributed by atoms with Crippen LogP contribution in [0.3, 0.4) is 0 Å². The van der Waals surface area contributed by atoms with Crippen molar-refractivity contribution in [2.24, 2.45) is 0 Å². The summed E-state index contributed by atoms with van der Waals surface area (Å²) in [7, 11) is 0. The molecule has 0 saturated carbocycles. The molecule has 0 bridgehead atoms. The Hall–Kier alpha value is -1.95. The summed E-state index contributed by atoms with van der Waals surface area (Å²) in [5.74, 6) is 0.552. The lowest BCUT2D eigenvalue weighted by Crippen LogP contribution is -2.18. The van der Waals surface area contributed by atoms with E-state index in [1.807, 2.05) is 42.7 Å². The first-order chi connectivity index (χ1) is 9.11. The number of benzene rings is 1. The summed E-state index contributed by atoms with van der Waals surface area (Å²) in [5.41, 5.74) is 1.86. The molecule has 2 N–H and O–H groups in total. The molecule has 1 aromatic carbocycles. The van der Waals surface area contributed by atoms with Gasteiger partial charge >= 0.3 is 0 Å². The molecule has 5 nitrogen and oxygen atoms in total. The quantitative estimate of drug-likeness (QED) is 0.843. The van der Waals surface area contributed by atoms with E-state index in [2.05, 4.69) is 15.5 Å². The summed E-state index contributed by atoms with van der Waals surface area (Å²) in [6.45, 7) is 4.62. The Kier molecular flexibility index (Phi) is 4.11. The molecule has 0 aliphatic heterocycles. The smallest absolute Gasteiger partial charge is 0.232 e. The second-order valence-corrected chi connectivity index (χ2v) is 4.62. The van der Waals surface area contributed by atoms with Gasteiger partial charge in [-0.25, -0.2) is 0 Å². The van der Waals surface area contributed by atoms with Gasteiger partial charge in [-0.3, -0.25) is 9.89 Å². The summed E-state index contributed by atoms with van der Waals surface area (Å²) < 4.78 is 2.36. The number of aromatic nitrogens is 3. The van der Waals surface area contributed by atoms with Gasteiger partial charge in [0.25, 0.3) is 0 Å². The van der Waals surface area contributed by atoms with Crippen LogP contribution in [-0.4, -0.2) is 20.7 Å². The average molecular weight is 276 g/mol. The second-order valence-electron chi connectivity index (χ2n) is 4.23. The van der Waals surface area contributed by atoms with Crippen LogP contribution in [0.5, 0.6) is 0 Å². The molecule has 1 aromatic heterocycles. The topological polar surface area (TPSA) is 62.7 Å². The number of nitrogens with zero attached hydrogens (tertiary/aromatic N) is 2. The molecular weight excluding hydrogens is 260 g/mol. The number of para-hydroxylation sites is 1. The highest BCUT2D eigenvalue weighted by atomic mass is 32.1. The summed E-state index contributed by atoms with van der Waals surface area (Å²) in [4.78, 5) is 12.0. The molecule has 0 radical (unpaired) electrons. The first-order valence-corrected chi connectivity index (χ1v) is 6.52. The Bertz CT molecular complexity index is 644. The van der Waals surface area contributed by atoms with Gasteiger partial charge in [-0.1, -0.05) is 18.2 Å². The van der Waals surface area contributed by atoms with Crippen LogP contribution in [0.1, 0.15) is 18.3 Å². The van der Waals surface area contributed by atoms with Gasteiger partial charge in [0, 0.05) is 12.2 Å². The standard InChI is InChI=1S/C13H16N4OS/c1-3-17-11(15-16-13(17)19)8-12(18)14-10-7-5-4-6-9(10)2/h4-7H,3,8H2,1-2H3,(H,14,18)(H,16,19). The number of aryl methyl sites for hydroxylation is 1. The lowest BCUT2D eigenvalue weighted by atomic mass is 10.2. The normalized spacial score (nSPS) is 10.4. The predicted molar refractivity (Wildman–Crippen MR) is 76.6 cm³/mol. The summed E-state index contributed by atoms with van der Waals surface area (Å²) in [6, 6.07) is 7.67. The highest BCUT2D eigenvalue weighted by molar-refractivity contribution is 7.71. The molecule has 2 aromatic rings. The monoisotopic (exact) mass is 276 g/mol. The Labute approximate surface area is 116 Å². The van der Waals surface area contributed by atoms with Crippen molar-refractivity contribution < 1.29 is 4.79 Å². The zero-order valence-electron chi connectivity index (χ0n) is 10.9. The number of hydrogen-bond donors (Lipinski definition) is 2. The predicted octanol–water partition coefficient (Wildman–Crippen LogP) is 2.45. The number of carbonyl (C=O) groups is 1. The van der Waals surface area contributed by atoms with Crippen LogP contribution in [0.2, 0.25) is 0 Å². The lowest BCUT2D eigenvalue weighted by molar-refractivity contribution is -0.115. The number of carbonyl (C=O) groups excluding carboxylic acids is 1. The maximum Gasteiger partial charge on any atom is 0.232 e. The molecule has 0 fully saturated rings. The number of rotatable bonds is 4. The van der Waals surface area contributed by atoms with Crippen LogP contribution in [0, 0.1) is 11.7 Å². The van der Waals surface area contributed by atoms with Crippen LogP contribution in [-0.2, 0) is 17.8 Å². The molecule has 0 spiro atoms. The number of anilines is 1. The van der Waals surface area contributed by atoms with Gasteiger partial charge in [0.2, 0.25) is 5.91 Å². The first kappa shape index (κ1) is 13.5. The van der Waals surface area contributed by atoms with Gasteiger partial charge in [-0.05, 0) is 37.7 Å².